The van der Waals surface area contributed by atoms with Gasteiger partial charge in [0.25, 0.3) is 0 Å². The third-order valence-corrected chi connectivity index (χ3v) is 7.24. The van der Waals surface area contributed by atoms with Crippen LogP contribution in [0, 0.1) is 0 Å². The summed E-state index contributed by atoms with van der Waals surface area (Å²) in [6.45, 7) is 7.28. The van der Waals surface area contributed by atoms with E-state index in [0.29, 0.717) is 31.8 Å². The van der Waals surface area contributed by atoms with Crippen molar-refractivity contribution in [3.05, 3.63) is 47.2 Å². The Hall–Kier alpha value is -2.75. The average molecular weight is 481 g/mol. The van der Waals surface area contributed by atoms with Crippen LogP contribution in [-0.2, 0) is 29.1 Å². The fourth-order valence-corrected chi connectivity index (χ4v) is 5.09. The zero-order chi connectivity index (χ0) is 24.0. The number of benzene rings is 1. The summed E-state index contributed by atoms with van der Waals surface area (Å²) in [7, 11) is 2.15. The van der Waals surface area contributed by atoms with Gasteiger partial charge in [-0.3, -0.25) is 9.69 Å². The standard InChI is InChI=1S/C26H36N6O3/c1-30-11-5-8-21(30)19-35-26-28-23-16-27-10-9-22(23)25(29-26)32-14-12-31(13-15-32)17-24(33)34-18-20-6-3-2-4-7-20/h2-4,6-7,21,27H,5,8-19H2,1H3/t21-/m0/s1. The number of anilines is 1. The van der Waals surface area contributed by atoms with Crippen molar-refractivity contribution in [1.29, 1.82) is 0 Å². The van der Waals surface area contributed by atoms with Crippen LogP contribution in [0.4, 0.5) is 5.82 Å². The topological polar surface area (TPSA) is 83.1 Å². The number of ether oxygens (including phenoxy) is 2. The zero-order valence-electron chi connectivity index (χ0n) is 20.6. The number of esters is 1. The number of hydrogen-bond donors (Lipinski definition) is 1. The van der Waals surface area contributed by atoms with E-state index < -0.39 is 0 Å². The molecule has 35 heavy (non-hydrogen) atoms. The van der Waals surface area contributed by atoms with E-state index in [0.717, 1.165) is 75.7 Å². The van der Waals surface area contributed by atoms with E-state index in [2.05, 4.69) is 27.1 Å². The molecule has 0 spiro atoms. The highest BCUT2D eigenvalue weighted by Gasteiger charge is 2.27. The molecule has 3 aliphatic rings. The Morgan fingerprint density at radius 1 is 1.11 bits per heavy atom. The fraction of sp³-hybridized carbons (Fsp3) is 0.577. The second-order valence-electron chi connectivity index (χ2n) is 9.68. The van der Waals surface area contributed by atoms with Crippen LogP contribution >= 0.6 is 0 Å². The van der Waals surface area contributed by atoms with Gasteiger partial charge in [0.2, 0.25) is 0 Å². The quantitative estimate of drug-likeness (QED) is 0.565. The van der Waals surface area contributed by atoms with E-state index in [9.17, 15) is 4.79 Å². The summed E-state index contributed by atoms with van der Waals surface area (Å²) in [6, 6.07) is 10.7. The molecule has 1 aromatic carbocycles. The van der Waals surface area contributed by atoms with Crippen molar-refractivity contribution in [2.45, 2.75) is 38.5 Å². The van der Waals surface area contributed by atoms with Crippen molar-refractivity contribution in [1.82, 2.24) is 25.1 Å². The van der Waals surface area contributed by atoms with E-state index >= 15 is 0 Å². The Morgan fingerprint density at radius 3 is 2.71 bits per heavy atom. The molecule has 2 aromatic rings. The van der Waals surface area contributed by atoms with Gasteiger partial charge >= 0.3 is 12.0 Å². The molecular weight excluding hydrogens is 444 g/mol. The molecule has 5 rings (SSSR count). The number of likely N-dealkylation sites (N-methyl/N-ethyl adjacent to an activating group) is 1. The highest BCUT2D eigenvalue weighted by molar-refractivity contribution is 5.71. The van der Waals surface area contributed by atoms with Crippen LogP contribution in [0.2, 0.25) is 0 Å². The number of carbonyl (C=O) groups excluding carboxylic acids is 1. The first kappa shape index (κ1) is 24.0. The van der Waals surface area contributed by atoms with Gasteiger partial charge in [-0.2, -0.15) is 9.97 Å². The largest absolute Gasteiger partial charge is 0.462 e. The summed E-state index contributed by atoms with van der Waals surface area (Å²) >= 11 is 0. The number of fused-ring (bicyclic) bond motifs is 1. The second kappa shape index (κ2) is 11.3. The predicted molar refractivity (Wildman–Crippen MR) is 133 cm³/mol. The van der Waals surface area contributed by atoms with Crippen molar-refractivity contribution in [2.24, 2.45) is 0 Å². The fourth-order valence-electron chi connectivity index (χ4n) is 5.09. The summed E-state index contributed by atoms with van der Waals surface area (Å²) in [4.78, 5) is 28.8. The lowest BCUT2D eigenvalue weighted by Gasteiger charge is -2.36. The molecule has 2 fully saturated rings. The number of rotatable bonds is 8. The maximum atomic E-state index is 12.4. The lowest BCUT2D eigenvalue weighted by Crippen LogP contribution is -2.49. The minimum Gasteiger partial charge on any atom is -0.462 e. The van der Waals surface area contributed by atoms with Crippen LogP contribution in [0.5, 0.6) is 6.01 Å². The molecule has 0 radical (unpaired) electrons. The lowest BCUT2D eigenvalue weighted by atomic mass is 10.1. The van der Waals surface area contributed by atoms with Gasteiger partial charge in [0.15, 0.2) is 0 Å². The van der Waals surface area contributed by atoms with Crippen molar-refractivity contribution in [2.75, 3.05) is 64.4 Å². The molecule has 188 valence electrons. The Bertz CT molecular complexity index is 996. The second-order valence-corrected chi connectivity index (χ2v) is 9.68. The van der Waals surface area contributed by atoms with E-state index in [-0.39, 0.29) is 5.97 Å². The van der Waals surface area contributed by atoms with Crippen LogP contribution in [0.1, 0.15) is 29.7 Å². The van der Waals surface area contributed by atoms with Gasteiger partial charge in [-0.05, 0) is 45.0 Å². The highest BCUT2D eigenvalue weighted by atomic mass is 16.5. The monoisotopic (exact) mass is 480 g/mol. The molecule has 0 saturated carbocycles. The third kappa shape index (κ3) is 6.09. The average Bonchev–Trinajstić information content (AvgIpc) is 3.31. The van der Waals surface area contributed by atoms with Gasteiger partial charge in [0.05, 0.1) is 12.2 Å². The minimum atomic E-state index is -0.180. The van der Waals surface area contributed by atoms with Crippen LogP contribution in [0.3, 0.4) is 0 Å². The Morgan fingerprint density at radius 2 is 1.94 bits per heavy atom. The molecule has 9 heteroatoms. The van der Waals surface area contributed by atoms with Crippen LogP contribution < -0.4 is 15.0 Å². The minimum absolute atomic E-state index is 0.180. The van der Waals surface area contributed by atoms with Crippen molar-refractivity contribution in [3.8, 4) is 6.01 Å². The molecule has 1 aromatic heterocycles. The predicted octanol–water partition coefficient (Wildman–Crippen LogP) is 1.46. The molecule has 4 heterocycles. The smallest absolute Gasteiger partial charge is 0.320 e. The van der Waals surface area contributed by atoms with E-state index in [1.54, 1.807) is 0 Å². The SMILES string of the molecule is CN1CCC[C@H]1COc1nc2c(c(N3CCN(CC(=O)OCc4ccccc4)CC3)n1)CCNC2. The van der Waals surface area contributed by atoms with Crippen molar-refractivity contribution >= 4 is 11.8 Å². The van der Waals surface area contributed by atoms with Crippen LogP contribution in [-0.4, -0.2) is 91.2 Å². The first-order valence-electron chi connectivity index (χ1n) is 12.8. The van der Waals surface area contributed by atoms with E-state index in [4.69, 9.17) is 19.4 Å². The van der Waals surface area contributed by atoms with Gasteiger partial charge < -0.3 is 24.6 Å². The zero-order valence-corrected chi connectivity index (χ0v) is 20.6. The normalized spacial score (nSPS) is 21.1. The van der Waals surface area contributed by atoms with Gasteiger partial charge in [-0.1, -0.05) is 30.3 Å². The summed E-state index contributed by atoms with van der Waals surface area (Å²) in [5.74, 6) is 0.818. The molecule has 0 amide bonds. The number of nitrogens with one attached hydrogen (secondary N) is 1. The van der Waals surface area contributed by atoms with Gasteiger partial charge in [-0.15, -0.1) is 0 Å². The molecule has 2 saturated heterocycles. The number of piperazine rings is 1. The molecule has 9 nitrogen and oxygen atoms in total. The van der Waals surface area contributed by atoms with E-state index in [1.165, 1.54) is 12.0 Å². The molecule has 0 aliphatic carbocycles. The summed E-state index contributed by atoms with van der Waals surface area (Å²) in [6.07, 6.45) is 3.29. The highest BCUT2D eigenvalue weighted by Crippen LogP contribution is 2.27. The number of nitrogens with zero attached hydrogens (tertiary/aromatic N) is 5. The number of aromatic nitrogens is 2. The number of hydrogen-bond acceptors (Lipinski definition) is 9. The molecule has 1 atom stereocenters. The molecule has 3 aliphatic heterocycles. The van der Waals surface area contributed by atoms with Gasteiger partial charge in [0, 0.05) is 44.3 Å². The van der Waals surface area contributed by atoms with Crippen LogP contribution in [0.25, 0.3) is 0 Å². The third-order valence-electron chi connectivity index (χ3n) is 7.24. The van der Waals surface area contributed by atoms with E-state index in [1.807, 2.05) is 30.3 Å². The molecule has 0 unspecified atom stereocenters. The maximum absolute atomic E-state index is 12.4. The summed E-state index contributed by atoms with van der Waals surface area (Å²) in [5, 5.41) is 3.42. The Balaban J connectivity index is 1.18. The Kier molecular flexibility index (Phi) is 7.75. The lowest BCUT2D eigenvalue weighted by molar-refractivity contribution is -0.146. The van der Waals surface area contributed by atoms with Gasteiger partial charge in [-0.25, -0.2) is 0 Å². The first-order valence-corrected chi connectivity index (χ1v) is 12.8. The van der Waals surface area contributed by atoms with Crippen molar-refractivity contribution < 1.29 is 14.3 Å². The summed E-state index contributed by atoms with van der Waals surface area (Å²) < 4.78 is 11.6. The number of carbonyl (C=O) groups is 1. The summed E-state index contributed by atoms with van der Waals surface area (Å²) in [5.41, 5.74) is 3.28. The van der Waals surface area contributed by atoms with Crippen LogP contribution in [0.15, 0.2) is 30.3 Å². The molecular formula is C26H36N6O3. The van der Waals surface area contributed by atoms with Gasteiger partial charge in [0.1, 0.15) is 19.0 Å². The number of likely N-dealkylation sites (tertiary alicyclic amines) is 1. The first-order chi connectivity index (χ1) is 17.2. The molecule has 1 N–H and O–H groups in total. The Labute approximate surface area is 207 Å². The molecule has 0 bridgehead atoms. The van der Waals surface area contributed by atoms with Crippen molar-refractivity contribution in [3.63, 3.8) is 0 Å². The maximum Gasteiger partial charge on any atom is 0.320 e.